The van der Waals surface area contributed by atoms with E-state index in [1.807, 2.05) is 32.2 Å². The molecule has 1 amide bonds. The molecule has 0 fully saturated rings. The summed E-state index contributed by atoms with van der Waals surface area (Å²) in [5, 5.41) is 9.46. The molecule has 0 spiro atoms. The average molecular weight is 367 g/mol. The molecule has 2 aromatic carbocycles. The molecule has 0 atom stereocenters. The number of rotatable bonds is 7. The predicted molar refractivity (Wildman–Crippen MR) is 108 cm³/mol. The quantitative estimate of drug-likeness (QED) is 0.652. The molecule has 142 valence electrons. The molecule has 0 radical (unpaired) electrons. The highest BCUT2D eigenvalue weighted by Crippen LogP contribution is 2.42. The van der Waals surface area contributed by atoms with E-state index < -0.39 is 0 Å². The largest absolute Gasteiger partial charge is 0.493 e. The summed E-state index contributed by atoms with van der Waals surface area (Å²) in [6.45, 7) is 2.84. The third-order valence-corrected chi connectivity index (χ3v) is 4.55. The van der Waals surface area contributed by atoms with E-state index >= 15 is 0 Å². The summed E-state index contributed by atoms with van der Waals surface area (Å²) in [6, 6.07) is 11.8. The minimum absolute atomic E-state index is 0.128. The van der Waals surface area contributed by atoms with Crippen molar-refractivity contribution in [2.45, 2.75) is 19.9 Å². The van der Waals surface area contributed by atoms with Gasteiger partial charge in [0.05, 0.1) is 25.5 Å². The first-order valence-electron chi connectivity index (χ1n) is 8.92. The van der Waals surface area contributed by atoms with Crippen LogP contribution in [0.15, 0.2) is 42.1 Å². The van der Waals surface area contributed by atoms with Gasteiger partial charge in [-0.15, -0.1) is 0 Å². The molecule has 0 saturated heterocycles. The fourth-order valence-corrected chi connectivity index (χ4v) is 3.21. The van der Waals surface area contributed by atoms with E-state index in [0.717, 1.165) is 29.2 Å². The van der Waals surface area contributed by atoms with Crippen molar-refractivity contribution < 1.29 is 14.3 Å². The molecule has 0 saturated carbocycles. The highest BCUT2D eigenvalue weighted by Gasteiger charge is 2.29. The van der Waals surface area contributed by atoms with Crippen molar-refractivity contribution in [3.05, 3.63) is 53.2 Å². The Kier molecular flexibility index (Phi) is 5.66. The molecule has 0 aliphatic carbocycles. The van der Waals surface area contributed by atoms with Crippen LogP contribution in [-0.2, 0) is 11.3 Å². The van der Waals surface area contributed by atoms with Crippen LogP contribution in [0.25, 0.3) is 5.57 Å². The topological polar surface area (TPSA) is 71.6 Å². The predicted octanol–water partition coefficient (Wildman–Crippen LogP) is 3.61. The van der Waals surface area contributed by atoms with Crippen molar-refractivity contribution in [1.82, 2.24) is 5.32 Å². The van der Waals surface area contributed by atoms with Gasteiger partial charge in [0.15, 0.2) is 11.5 Å². The van der Waals surface area contributed by atoms with Crippen molar-refractivity contribution >= 4 is 22.9 Å². The summed E-state index contributed by atoms with van der Waals surface area (Å²) in [4.78, 5) is 12.7. The summed E-state index contributed by atoms with van der Waals surface area (Å²) < 4.78 is 10.7. The molecule has 1 aliphatic heterocycles. The minimum Gasteiger partial charge on any atom is -0.493 e. The highest BCUT2D eigenvalue weighted by atomic mass is 16.5. The van der Waals surface area contributed by atoms with Gasteiger partial charge in [0, 0.05) is 29.6 Å². The maximum Gasteiger partial charge on any atom is 0.258 e. The van der Waals surface area contributed by atoms with Crippen molar-refractivity contribution in [3.8, 4) is 11.5 Å². The van der Waals surface area contributed by atoms with Crippen LogP contribution >= 0.6 is 0 Å². The van der Waals surface area contributed by atoms with Crippen LogP contribution in [0.1, 0.15) is 24.5 Å². The second kappa shape index (κ2) is 8.14. The monoisotopic (exact) mass is 367 g/mol. The molecule has 0 bridgehead atoms. The van der Waals surface area contributed by atoms with E-state index in [1.165, 1.54) is 5.56 Å². The summed E-state index contributed by atoms with van der Waals surface area (Å²) in [5.41, 5.74) is 5.18. The van der Waals surface area contributed by atoms with E-state index in [-0.39, 0.29) is 5.91 Å². The number of carbonyl (C=O) groups excluding carboxylic acids is 1. The van der Waals surface area contributed by atoms with Crippen LogP contribution in [0, 0.1) is 0 Å². The van der Waals surface area contributed by atoms with Crippen LogP contribution in [0.5, 0.6) is 11.5 Å². The molecule has 0 aromatic heterocycles. The van der Waals surface area contributed by atoms with Crippen molar-refractivity contribution in [1.29, 1.82) is 0 Å². The smallest absolute Gasteiger partial charge is 0.258 e. The van der Waals surface area contributed by atoms with Gasteiger partial charge in [-0.25, -0.2) is 0 Å². The van der Waals surface area contributed by atoms with Gasteiger partial charge >= 0.3 is 0 Å². The zero-order valence-electron chi connectivity index (χ0n) is 16.1. The maximum atomic E-state index is 12.7. The van der Waals surface area contributed by atoms with E-state index in [4.69, 9.17) is 9.47 Å². The van der Waals surface area contributed by atoms with Gasteiger partial charge < -0.3 is 25.4 Å². The molecule has 1 heterocycles. The highest BCUT2D eigenvalue weighted by molar-refractivity contribution is 6.32. The Balaban J connectivity index is 1.99. The Hall–Kier alpha value is -2.99. The third-order valence-electron chi connectivity index (χ3n) is 4.55. The van der Waals surface area contributed by atoms with E-state index in [0.29, 0.717) is 23.5 Å². The summed E-state index contributed by atoms with van der Waals surface area (Å²) in [6.07, 6.45) is 0.689. The molecule has 2 aromatic rings. The Morgan fingerprint density at radius 1 is 1.07 bits per heavy atom. The number of hydrogen-bond acceptors (Lipinski definition) is 5. The Morgan fingerprint density at radius 2 is 1.74 bits per heavy atom. The molecular formula is C21H25N3O3. The average Bonchev–Trinajstić information content (AvgIpc) is 3.01. The number of allylic oxidation sites excluding steroid dienone is 1. The van der Waals surface area contributed by atoms with Gasteiger partial charge in [0.1, 0.15) is 0 Å². The lowest BCUT2D eigenvalue weighted by molar-refractivity contribution is -0.110. The molecule has 6 heteroatoms. The molecule has 1 aliphatic rings. The van der Waals surface area contributed by atoms with Crippen LogP contribution in [-0.4, -0.2) is 27.2 Å². The summed E-state index contributed by atoms with van der Waals surface area (Å²) in [7, 11) is 5.09. The Labute approximate surface area is 159 Å². The number of fused-ring (bicyclic) bond motifs is 1. The molecule has 27 heavy (non-hydrogen) atoms. The zero-order chi connectivity index (χ0) is 19.4. The molecular weight excluding hydrogens is 342 g/mol. The van der Waals surface area contributed by atoms with E-state index in [1.54, 1.807) is 20.3 Å². The van der Waals surface area contributed by atoms with Crippen molar-refractivity contribution in [3.63, 3.8) is 0 Å². The van der Waals surface area contributed by atoms with Gasteiger partial charge in [-0.1, -0.05) is 19.1 Å². The van der Waals surface area contributed by atoms with Crippen LogP contribution < -0.4 is 25.4 Å². The summed E-state index contributed by atoms with van der Waals surface area (Å²) in [5.74, 6) is 1.05. The lowest BCUT2D eigenvalue weighted by atomic mass is 10.0. The van der Waals surface area contributed by atoms with Gasteiger partial charge in [-0.2, -0.15) is 0 Å². The molecule has 0 unspecified atom stereocenters. The number of benzene rings is 2. The first-order chi connectivity index (χ1) is 13.1. The second-order valence-electron chi connectivity index (χ2n) is 6.27. The molecule has 3 rings (SSSR count). The van der Waals surface area contributed by atoms with Gasteiger partial charge in [0.25, 0.3) is 5.91 Å². The number of anilines is 2. The number of hydrogen-bond donors (Lipinski definition) is 3. The number of amides is 1. The standard InChI is InChI=1S/C21H25N3O3/c1-5-16(23-14-8-6-13(7-9-14)12-22-2)20-15-10-18(26-3)19(27-4)11-17(15)24-21(20)25/h6-11,22-23H,5,12H2,1-4H3,(H,24,25). The first-order valence-corrected chi connectivity index (χ1v) is 8.92. The SMILES string of the molecule is CCC(Nc1ccc(CNC)cc1)=C1C(=O)Nc2cc(OC)c(OC)cc21. The fourth-order valence-electron chi connectivity index (χ4n) is 3.21. The third kappa shape index (κ3) is 3.75. The van der Waals surface area contributed by atoms with Crippen molar-refractivity contribution in [2.75, 3.05) is 31.9 Å². The fraction of sp³-hybridized carbons (Fsp3) is 0.286. The Bertz CT molecular complexity index is 873. The lowest BCUT2D eigenvalue weighted by Gasteiger charge is -2.14. The van der Waals surface area contributed by atoms with Gasteiger partial charge in [0.2, 0.25) is 0 Å². The maximum absolute atomic E-state index is 12.7. The van der Waals surface area contributed by atoms with Crippen molar-refractivity contribution in [2.24, 2.45) is 0 Å². The van der Waals surface area contributed by atoms with Gasteiger partial charge in [-0.05, 0) is 37.2 Å². The summed E-state index contributed by atoms with van der Waals surface area (Å²) >= 11 is 0. The number of ether oxygens (including phenoxy) is 2. The molecule has 6 nitrogen and oxygen atoms in total. The molecule has 3 N–H and O–H groups in total. The first kappa shape index (κ1) is 18.8. The van der Waals surface area contributed by atoms with E-state index in [2.05, 4.69) is 28.1 Å². The number of methoxy groups -OCH3 is 2. The number of nitrogens with one attached hydrogen (secondary N) is 3. The normalized spacial score (nSPS) is 14.4. The Morgan fingerprint density at radius 3 is 2.33 bits per heavy atom. The zero-order valence-corrected chi connectivity index (χ0v) is 16.1. The van der Waals surface area contributed by atoms with Crippen LogP contribution in [0.4, 0.5) is 11.4 Å². The minimum atomic E-state index is -0.128. The van der Waals surface area contributed by atoms with Gasteiger partial charge in [-0.3, -0.25) is 4.79 Å². The second-order valence-corrected chi connectivity index (χ2v) is 6.27. The number of carbonyl (C=O) groups is 1. The lowest BCUT2D eigenvalue weighted by Crippen LogP contribution is -2.10. The van der Waals surface area contributed by atoms with Crippen LogP contribution in [0.2, 0.25) is 0 Å². The van der Waals surface area contributed by atoms with Crippen LogP contribution in [0.3, 0.4) is 0 Å². The van der Waals surface area contributed by atoms with E-state index in [9.17, 15) is 4.79 Å².